The van der Waals surface area contributed by atoms with Crippen molar-refractivity contribution in [1.29, 1.82) is 0 Å². The number of rotatable bonds is 3. The molecule has 0 nitrogen and oxygen atoms in total. The highest BCUT2D eigenvalue weighted by Crippen LogP contribution is 2.52. The zero-order valence-electron chi connectivity index (χ0n) is 18.9. The summed E-state index contributed by atoms with van der Waals surface area (Å²) in [7, 11) is 0. The lowest BCUT2D eigenvalue weighted by molar-refractivity contribution is 1.73. The van der Waals surface area contributed by atoms with Crippen molar-refractivity contribution in [2.24, 2.45) is 0 Å². The van der Waals surface area contributed by atoms with Crippen LogP contribution in [0.15, 0.2) is 96.4 Å². The van der Waals surface area contributed by atoms with Crippen molar-refractivity contribution in [3.63, 3.8) is 0 Å². The predicted molar refractivity (Wildman–Crippen MR) is 165 cm³/mol. The van der Waals surface area contributed by atoms with Crippen molar-refractivity contribution in [1.82, 2.24) is 0 Å². The topological polar surface area (TPSA) is 0 Å². The number of benzene rings is 4. The Balaban J connectivity index is 1.71. The summed E-state index contributed by atoms with van der Waals surface area (Å²) in [6.45, 7) is 2.04. The molecule has 7 rings (SSSR count). The van der Waals surface area contributed by atoms with Gasteiger partial charge in [0.25, 0.3) is 0 Å². The molecule has 3 aromatic heterocycles. The van der Waals surface area contributed by atoms with E-state index in [4.69, 9.17) is 12.6 Å². The zero-order valence-corrected chi connectivity index (χ0v) is 22.3. The Morgan fingerprint density at radius 3 is 2.14 bits per heavy atom. The third-order valence-electron chi connectivity index (χ3n) is 6.58. The fourth-order valence-electron chi connectivity index (χ4n) is 5.11. The lowest BCUT2D eigenvalue weighted by Gasteiger charge is -2.09. The van der Waals surface area contributed by atoms with Gasteiger partial charge in [0, 0.05) is 41.1 Å². The van der Waals surface area contributed by atoms with Crippen LogP contribution in [0.25, 0.3) is 66.5 Å². The minimum atomic E-state index is 1.01. The van der Waals surface area contributed by atoms with Crippen LogP contribution in [0, 0.1) is 0 Å². The summed E-state index contributed by atoms with van der Waals surface area (Å²) in [5, 5.41) is 10.0. The highest BCUT2D eigenvalue weighted by molar-refractivity contribution is 7.90. The Bertz CT molecular complexity index is 1960. The van der Waals surface area contributed by atoms with Crippen molar-refractivity contribution in [3.05, 3.63) is 102 Å². The van der Waals surface area contributed by atoms with E-state index >= 15 is 0 Å². The molecule has 0 spiro atoms. The third-order valence-corrected chi connectivity index (χ3v) is 10.3. The number of allylic oxidation sites excluding steroid dienone is 3. The standard InChI is InChI=1S/C31H20S4/c1-2-3-13-22(32)26-20-11-6-4-9-18(20)16-24-28(26)30-31(34-24)29-25(35-30)17-19-10-5-7-12-21(19)27(29)23-14-8-15-33-23/h2-17,32H,1H3/b3-2-,22-13-. The molecule has 0 saturated heterocycles. The molecule has 4 heteroatoms. The van der Waals surface area contributed by atoms with Crippen LogP contribution in [0.1, 0.15) is 12.5 Å². The van der Waals surface area contributed by atoms with Crippen LogP contribution in [-0.4, -0.2) is 0 Å². The Morgan fingerprint density at radius 2 is 1.43 bits per heavy atom. The fraction of sp³-hybridized carbons (Fsp3) is 0.0323. The summed E-state index contributed by atoms with van der Waals surface area (Å²) in [6.07, 6.45) is 6.25. The fourth-order valence-corrected chi connectivity index (χ4v) is 9.04. The van der Waals surface area contributed by atoms with E-state index in [1.54, 1.807) is 0 Å². The van der Waals surface area contributed by atoms with Crippen LogP contribution < -0.4 is 0 Å². The molecule has 0 unspecified atom stereocenters. The molecule has 0 bridgehead atoms. The molecule has 3 heterocycles. The van der Waals surface area contributed by atoms with Gasteiger partial charge < -0.3 is 0 Å². The molecule has 0 aliphatic heterocycles. The molecule has 35 heavy (non-hydrogen) atoms. The van der Waals surface area contributed by atoms with Gasteiger partial charge in [-0.15, -0.1) is 46.6 Å². The van der Waals surface area contributed by atoms with Gasteiger partial charge in [0.1, 0.15) is 0 Å². The number of thiophene rings is 3. The van der Waals surface area contributed by atoms with E-state index in [0.717, 1.165) is 4.91 Å². The van der Waals surface area contributed by atoms with Gasteiger partial charge in [-0.1, -0.05) is 66.7 Å². The van der Waals surface area contributed by atoms with Crippen LogP contribution in [0.5, 0.6) is 0 Å². The molecular weight excluding hydrogens is 501 g/mol. The first-order chi connectivity index (χ1) is 17.2. The Hall–Kier alpha value is -2.89. The minimum absolute atomic E-state index is 1.01. The largest absolute Gasteiger partial charge is 0.144 e. The molecule has 0 saturated carbocycles. The number of hydrogen-bond acceptors (Lipinski definition) is 4. The van der Waals surface area contributed by atoms with Gasteiger partial charge >= 0.3 is 0 Å². The summed E-state index contributed by atoms with van der Waals surface area (Å²) in [5.74, 6) is 0. The molecule has 0 aliphatic carbocycles. The van der Waals surface area contributed by atoms with Gasteiger partial charge in [-0.05, 0) is 58.1 Å². The molecule has 0 N–H and O–H groups in total. The molecule has 7 aromatic rings. The maximum absolute atomic E-state index is 5.01. The molecule has 0 fully saturated rings. The van der Waals surface area contributed by atoms with Crippen molar-refractivity contribution >= 4 is 103 Å². The molecule has 0 radical (unpaired) electrons. The second-order valence-electron chi connectivity index (χ2n) is 8.61. The van der Waals surface area contributed by atoms with E-state index in [1.807, 2.05) is 40.9 Å². The first-order valence-corrected chi connectivity index (χ1v) is 14.5. The first-order valence-electron chi connectivity index (χ1n) is 11.5. The van der Waals surface area contributed by atoms with E-state index in [0.29, 0.717) is 0 Å². The maximum atomic E-state index is 5.01. The van der Waals surface area contributed by atoms with Gasteiger partial charge in [0.05, 0.1) is 9.40 Å². The first kappa shape index (κ1) is 21.4. The second-order valence-corrected chi connectivity index (χ2v) is 12.1. The summed E-state index contributed by atoms with van der Waals surface area (Å²) in [5.41, 5.74) is 2.60. The van der Waals surface area contributed by atoms with Crippen LogP contribution in [0.3, 0.4) is 0 Å². The van der Waals surface area contributed by atoms with E-state index in [1.165, 1.54) is 67.1 Å². The Kier molecular flexibility index (Phi) is 5.11. The highest BCUT2D eigenvalue weighted by Gasteiger charge is 2.22. The van der Waals surface area contributed by atoms with Gasteiger partial charge in [-0.3, -0.25) is 0 Å². The smallest absolute Gasteiger partial charge is 0.0549 e. The molecule has 0 amide bonds. The number of hydrogen-bond donors (Lipinski definition) is 1. The minimum Gasteiger partial charge on any atom is -0.144 e. The van der Waals surface area contributed by atoms with Crippen LogP contribution in [0.2, 0.25) is 0 Å². The van der Waals surface area contributed by atoms with E-state index in [-0.39, 0.29) is 0 Å². The lowest BCUT2D eigenvalue weighted by Crippen LogP contribution is -1.83. The molecule has 168 valence electrons. The monoisotopic (exact) mass is 520 g/mol. The van der Waals surface area contributed by atoms with Crippen molar-refractivity contribution in [3.8, 4) is 10.4 Å². The van der Waals surface area contributed by atoms with Crippen LogP contribution >= 0.6 is 46.6 Å². The summed E-state index contributed by atoms with van der Waals surface area (Å²) >= 11 is 10.7. The lowest BCUT2D eigenvalue weighted by atomic mass is 9.98. The van der Waals surface area contributed by atoms with Gasteiger partial charge in [-0.25, -0.2) is 0 Å². The average Bonchev–Trinajstić information content (AvgIpc) is 3.61. The van der Waals surface area contributed by atoms with Gasteiger partial charge in [-0.2, -0.15) is 0 Å². The predicted octanol–water partition coefficient (Wildman–Crippen LogP) is 11.2. The van der Waals surface area contributed by atoms with Crippen LogP contribution in [-0.2, 0) is 0 Å². The van der Waals surface area contributed by atoms with Crippen LogP contribution in [0.4, 0.5) is 0 Å². The summed E-state index contributed by atoms with van der Waals surface area (Å²) < 4.78 is 5.44. The maximum Gasteiger partial charge on any atom is 0.0549 e. The summed E-state index contributed by atoms with van der Waals surface area (Å²) in [4.78, 5) is 2.34. The van der Waals surface area contributed by atoms with E-state index in [2.05, 4.69) is 96.4 Å². The Morgan fingerprint density at radius 1 is 0.771 bits per heavy atom. The molecule has 0 atom stereocenters. The molecule has 0 aliphatic rings. The summed E-state index contributed by atoms with van der Waals surface area (Å²) in [6, 6.07) is 26.7. The van der Waals surface area contributed by atoms with E-state index in [9.17, 15) is 0 Å². The van der Waals surface area contributed by atoms with E-state index < -0.39 is 0 Å². The van der Waals surface area contributed by atoms with Crippen molar-refractivity contribution in [2.45, 2.75) is 6.92 Å². The van der Waals surface area contributed by atoms with Crippen molar-refractivity contribution in [2.75, 3.05) is 0 Å². The number of fused-ring (bicyclic) bond motifs is 7. The van der Waals surface area contributed by atoms with Gasteiger partial charge in [0.15, 0.2) is 0 Å². The zero-order chi connectivity index (χ0) is 23.5. The molecule has 4 aromatic carbocycles. The average molecular weight is 521 g/mol. The Labute approximate surface area is 220 Å². The third kappa shape index (κ3) is 3.25. The second kappa shape index (κ2) is 8.35. The molecular formula is C31H20S4. The highest BCUT2D eigenvalue weighted by atomic mass is 32.1. The SMILES string of the molecule is C/C=C\C=C(/S)c1c2ccccc2cc2sc3c(sc4cc5ccccc5c(-c5cccs5)c43)c12. The quantitative estimate of drug-likeness (QED) is 0.174. The number of thiol groups is 1. The van der Waals surface area contributed by atoms with Crippen molar-refractivity contribution < 1.29 is 0 Å². The normalized spacial score (nSPS) is 12.9. The van der Waals surface area contributed by atoms with Gasteiger partial charge in [0.2, 0.25) is 0 Å².